The lowest BCUT2D eigenvalue weighted by atomic mass is 10.2. The molecule has 0 saturated carbocycles. The molecule has 1 heterocycles. The quantitative estimate of drug-likeness (QED) is 0.608. The van der Waals surface area contributed by atoms with Gasteiger partial charge in [-0.1, -0.05) is 0 Å². The molecule has 0 bridgehead atoms. The molecule has 0 atom stereocenters. The summed E-state index contributed by atoms with van der Waals surface area (Å²) in [4.78, 5) is 12.2. The third-order valence-corrected chi connectivity index (χ3v) is 4.73. The van der Waals surface area contributed by atoms with Crippen LogP contribution in [0.15, 0.2) is 47.4 Å². The monoisotopic (exact) mass is 441 g/mol. The maximum Gasteiger partial charge on any atom is 0.276 e. The van der Waals surface area contributed by atoms with Crippen LogP contribution in [0.1, 0.15) is 10.5 Å². The zero-order chi connectivity index (χ0) is 16.6. The van der Waals surface area contributed by atoms with E-state index in [2.05, 4.69) is 38.1 Å². The van der Waals surface area contributed by atoms with Gasteiger partial charge >= 0.3 is 0 Å². The van der Waals surface area contributed by atoms with Gasteiger partial charge < -0.3 is 10.5 Å². The summed E-state index contributed by atoms with van der Waals surface area (Å²) in [6.07, 6.45) is 0. The van der Waals surface area contributed by atoms with Crippen LogP contribution >= 0.6 is 22.6 Å². The average molecular weight is 441 g/mol. The minimum Gasteiger partial charge on any atom is -0.560 e. The number of rotatable bonds is 3. The van der Waals surface area contributed by atoms with Gasteiger partial charge in [0.05, 0.1) is 15.5 Å². The molecule has 3 N–H and O–H groups in total. The van der Waals surface area contributed by atoms with Gasteiger partial charge in [0.1, 0.15) is 0 Å². The molecule has 1 amide bonds. The van der Waals surface area contributed by atoms with Crippen LogP contribution < -0.4 is 5.32 Å². The van der Waals surface area contributed by atoms with Gasteiger partial charge in [-0.2, -0.15) is 5.10 Å². The first-order valence-electron chi connectivity index (χ1n) is 6.39. The van der Waals surface area contributed by atoms with Crippen molar-refractivity contribution in [1.29, 1.82) is 0 Å². The van der Waals surface area contributed by atoms with Crippen molar-refractivity contribution in [2.24, 2.45) is 0 Å². The largest absolute Gasteiger partial charge is 0.560 e. The number of aromatic nitrogens is 2. The highest BCUT2D eigenvalue weighted by molar-refractivity contribution is 14.1. The smallest absolute Gasteiger partial charge is 0.276 e. The van der Waals surface area contributed by atoms with Gasteiger partial charge in [-0.3, -0.25) is 9.89 Å². The van der Waals surface area contributed by atoms with Gasteiger partial charge in [-0.25, -0.2) is 8.42 Å². The van der Waals surface area contributed by atoms with Crippen LogP contribution in [0.3, 0.4) is 0 Å². The lowest BCUT2D eigenvalue weighted by Gasteiger charge is -2.07. The average Bonchev–Trinajstić information content (AvgIpc) is 2.90. The lowest BCUT2D eigenvalue weighted by molar-refractivity contribution is 0.102. The summed E-state index contributed by atoms with van der Waals surface area (Å²) in [5.41, 5.74) is 1.44. The molecular formula is C14H10IN4O3S-. The van der Waals surface area contributed by atoms with Gasteiger partial charge in [0, 0.05) is 19.5 Å². The molecule has 118 valence electrons. The number of nitrogens with zero attached hydrogens (tertiary/aromatic N) is 1. The standard InChI is InChI=1S/C14H11IN4O3S/c15-8-1-6-12-11(7-8)13(19-18-12)14(20)17-9-2-4-10(5-3-9)23(16,21)22/h1-7H,(H4,16,17,18,19,20,21,22)/p-1. The number of carbonyl (C=O) groups is 1. The molecule has 0 aliphatic rings. The van der Waals surface area contributed by atoms with Crippen LogP contribution in [0.5, 0.6) is 0 Å². The van der Waals surface area contributed by atoms with Gasteiger partial charge in [0.25, 0.3) is 5.91 Å². The van der Waals surface area contributed by atoms with Crippen molar-refractivity contribution in [2.45, 2.75) is 4.90 Å². The maximum absolute atomic E-state index is 12.3. The number of H-pyrrole nitrogens is 1. The highest BCUT2D eigenvalue weighted by Gasteiger charge is 2.14. The van der Waals surface area contributed by atoms with E-state index in [1.165, 1.54) is 24.3 Å². The van der Waals surface area contributed by atoms with Crippen LogP contribution in [0.25, 0.3) is 16.0 Å². The van der Waals surface area contributed by atoms with E-state index in [1.54, 1.807) is 0 Å². The Morgan fingerprint density at radius 1 is 1.17 bits per heavy atom. The first-order valence-corrected chi connectivity index (χ1v) is 8.95. The number of halogens is 1. The number of anilines is 1. The Morgan fingerprint density at radius 3 is 2.52 bits per heavy atom. The van der Waals surface area contributed by atoms with E-state index in [0.29, 0.717) is 11.1 Å². The minimum absolute atomic E-state index is 0.129. The van der Waals surface area contributed by atoms with Crippen LogP contribution in [0.2, 0.25) is 0 Å². The van der Waals surface area contributed by atoms with E-state index in [9.17, 15) is 13.2 Å². The second-order valence-electron chi connectivity index (χ2n) is 4.74. The number of aromatic amines is 1. The zero-order valence-corrected chi connectivity index (χ0v) is 14.5. The molecule has 2 aromatic carbocycles. The topological polar surface area (TPSA) is 116 Å². The summed E-state index contributed by atoms with van der Waals surface area (Å²) in [5.74, 6) is -0.403. The molecule has 0 saturated heterocycles. The number of fused-ring (bicyclic) bond motifs is 1. The summed E-state index contributed by atoms with van der Waals surface area (Å²) < 4.78 is 23.2. The number of hydrogen-bond acceptors (Lipinski definition) is 4. The summed E-state index contributed by atoms with van der Waals surface area (Å²) in [6.45, 7) is 0. The molecule has 0 radical (unpaired) electrons. The van der Waals surface area contributed by atoms with Crippen molar-refractivity contribution in [3.8, 4) is 0 Å². The van der Waals surface area contributed by atoms with Crippen LogP contribution in [-0.4, -0.2) is 24.5 Å². The van der Waals surface area contributed by atoms with E-state index in [1.807, 2.05) is 18.2 Å². The fraction of sp³-hybridized carbons (Fsp3) is 0. The second-order valence-corrected chi connectivity index (χ2v) is 7.47. The fourth-order valence-corrected chi connectivity index (χ4v) is 3.05. The van der Waals surface area contributed by atoms with E-state index >= 15 is 0 Å². The van der Waals surface area contributed by atoms with Gasteiger partial charge in [-0.05, 0) is 65.1 Å². The summed E-state index contributed by atoms with van der Waals surface area (Å²) in [7, 11) is -4.01. The Balaban J connectivity index is 1.87. The highest BCUT2D eigenvalue weighted by atomic mass is 127. The first-order chi connectivity index (χ1) is 10.8. The zero-order valence-electron chi connectivity index (χ0n) is 11.5. The molecule has 3 aromatic rings. The molecule has 0 unspecified atom stereocenters. The summed E-state index contributed by atoms with van der Waals surface area (Å²) in [5, 5.41) is 17.2. The predicted molar refractivity (Wildman–Crippen MR) is 94.7 cm³/mol. The van der Waals surface area contributed by atoms with E-state index in [-0.39, 0.29) is 10.6 Å². The Morgan fingerprint density at radius 2 is 1.87 bits per heavy atom. The summed E-state index contributed by atoms with van der Waals surface area (Å²) >= 11 is 2.15. The van der Waals surface area contributed by atoms with Crippen LogP contribution in [-0.2, 0) is 10.0 Å². The van der Waals surface area contributed by atoms with Crippen molar-refractivity contribution >= 4 is 55.1 Å². The SMILES string of the molecule is [NH-]S(=O)(=O)c1ccc(NC(=O)c2n[nH]c3ccc(I)cc23)cc1. The Labute approximate surface area is 145 Å². The van der Waals surface area contributed by atoms with Gasteiger partial charge in [0.15, 0.2) is 5.69 Å². The minimum atomic E-state index is -4.01. The summed E-state index contributed by atoms with van der Waals surface area (Å²) in [6, 6.07) is 11.0. The molecule has 23 heavy (non-hydrogen) atoms. The van der Waals surface area contributed by atoms with E-state index < -0.39 is 15.9 Å². The third-order valence-electron chi connectivity index (χ3n) is 3.16. The molecule has 0 aliphatic heterocycles. The predicted octanol–water partition coefficient (Wildman–Crippen LogP) is 3.16. The van der Waals surface area contributed by atoms with Crippen molar-refractivity contribution in [3.05, 3.63) is 56.9 Å². The van der Waals surface area contributed by atoms with E-state index in [4.69, 9.17) is 5.14 Å². The van der Waals surface area contributed by atoms with Crippen molar-refractivity contribution in [3.63, 3.8) is 0 Å². The maximum atomic E-state index is 12.3. The highest BCUT2D eigenvalue weighted by Crippen LogP contribution is 2.21. The first kappa shape index (κ1) is 15.9. The molecule has 0 spiro atoms. The Kier molecular flexibility index (Phi) is 4.08. The third kappa shape index (κ3) is 3.35. The number of amides is 1. The van der Waals surface area contributed by atoms with Gasteiger partial charge in [0.2, 0.25) is 0 Å². The van der Waals surface area contributed by atoms with E-state index in [0.717, 1.165) is 9.09 Å². The second kappa shape index (κ2) is 5.91. The van der Waals surface area contributed by atoms with Crippen LogP contribution in [0.4, 0.5) is 5.69 Å². The fourth-order valence-electron chi connectivity index (χ4n) is 2.07. The molecule has 7 nitrogen and oxygen atoms in total. The number of nitrogens with one attached hydrogen (secondary N) is 3. The lowest BCUT2D eigenvalue weighted by Crippen LogP contribution is -2.12. The molecule has 1 aromatic heterocycles. The van der Waals surface area contributed by atoms with Gasteiger partial charge in [-0.15, -0.1) is 0 Å². The molecule has 0 fully saturated rings. The normalized spacial score (nSPS) is 11.6. The number of hydrogen-bond donors (Lipinski definition) is 2. The van der Waals surface area contributed by atoms with Crippen molar-refractivity contribution in [2.75, 3.05) is 5.32 Å². The number of carbonyl (C=O) groups excluding carboxylic acids is 1. The molecular weight excluding hydrogens is 431 g/mol. The van der Waals surface area contributed by atoms with Crippen molar-refractivity contribution in [1.82, 2.24) is 10.2 Å². The Hall–Kier alpha value is -1.98. The molecule has 0 aliphatic carbocycles. The Bertz CT molecular complexity index is 997. The number of benzene rings is 2. The molecule has 9 heteroatoms. The van der Waals surface area contributed by atoms with Crippen molar-refractivity contribution < 1.29 is 13.2 Å². The van der Waals surface area contributed by atoms with Crippen LogP contribution in [0, 0.1) is 3.57 Å². The number of sulfonamides is 1. The molecule has 3 rings (SSSR count).